The van der Waals surface area contributed by atoms with E-state index in [0.29, 0.717) is 30.3 Å². The molecule has 1 fully saturated rings. The highest BCUT2D eigenvalue weighted by Gasteiger charge is 2.26. The van der Waals surface area contributed by atoms with E-state index >= 15 is 0 Å². The molecular formula is C26H33N5O2. The van der Waals surface area contributed by atoms with Crippen LogP contribution in [0, 0.1) is 11.3 Å². The Labute approximate surface area is 194 Å². The van der Waals surface area contributed by atoms with E-state index in [9.17, 15) is 4.79 Å². The molecule has 7 nitrogen and oxygen atoms in total. The van der Waals surface area contributed by atoms with Crippen molar-refractivity contribution in [1.29, 1.82) is 5.41 Å². The number of benzene rings is 2. The molecule has 33 heavy (non-hydrogen) atoms. The molecule has 0 bridgehead atoms. The predicted molar refractivity (Wildman–Crippen MR) is 132 cm³/mol. The number of piperidine rings is 1. The fourth-order valence-corrected chi connectivity index (χ4v) is 4.70. The Bertz CT molecular complexity index is 1130. The zero-order valence-corrected chi connectivity index (χ0v) is 19.2. The van der Waals surface area contributed by atoms with Crippen molar-refractivity contribution < 1.29 is 9.53 Å². The Morgan fingerprint density at radius 2 is 1.85 bits per heavy atom. The molecule has 4 rings (SSSR count). The molecule has 1 aromatic heterocycles. The maximum Gasteiger partial charge on any atom is 0.270 e. The molecule has 2 aromatic carbocycles. The van der Waals surface area contributed by atoms with E-state index in [-0.39, 0.29) is 11.7 Å². The monoisotopic (exact) mass is 447 g/mol. The number of amides is 1. The lowest BCUT2D eigenvalue weighted by atomic mass is 9.93. The average molecular weight is 448 g/mol. The van der Waals surface area contributed by atoms with Gasteiger partial charge in [-0.25, -0.2) is 0 Å². The van der Waals surface area contributed by atoms with Crippen LogP contribution in [0.2, 0.25) is 0 Å². The summed E-state index contributed by atoms with van der Waals surface area (Å²) in [6.45, 7) is 2.89. The zero-order valence-electron chi connectivity index (χ0n) is 19.2. The van der Waals surface area contributed by atoms with Gasteiger partial charge in [0, 0.05) is 36.1 Å². The number of nitrogens with one attached hydrogen (secondary N) is 1. The van der Waals surface area contributed by atoms with Gasteiger partial charge >= 0.3 is 0 Å². The number of ether oxygens (including phenoxy) is 1. The molecule has 174 valence electrons. The Hall–Kier alpha value is -3.32. The van der Waals surface area contributed by atoms with Crippen LogP contribution in [0.25, 0.3) is 10.9 Å². The third-order valence-corrected chi connectivity index (χ3v) is 6.69. The second-order valence-electron chi connectivity index (χ2n) is 8.78. The zero-order chi connectivity index (χ0) is 23.4. The summed E-state index contributed by atoms with van der Waals surface area (Å²) in [6, 6.07) is 15.7. The van der Waals surface area contributed by atoms with Crippen molar-refractivity contribution in [2.75, 3.05) is 26.7 Å². The van der Waals surface area contributed by atoms with Crippen LogP contribution in [0.3, 0.4) is 0 Å². The molecule has 7 heteroatoms. The van der Waals surface area contributed by atoms with Crippen molar-refractivity contribution in [3.8, 4) is 5.75 Å². The predicted octanol–water partition coefficient (Wildman–Crippen LogP) is 3.38. The van der Waals surface area contributed by atoms with E-state index in [4.69, 9.17) is 21.6 Å². The maximum atomic E-state index is 13.6. The van der Waals surface area contributed by atoms with Gasteiger partial charge < -0.3 is 25.7 Å². The first-order valence-corrected chi connectivity index (χ1v) is 11.6. The van der Waals surface area contributed by atoms with Crippen LogP contribution in [0.5, 0.6) is 5.75 Å². The van der Waals surface area contributed by atoms with Gasteiger partial charge in [-0.1, -0.05) is 24.3 Å². The van der Waals surface area contributed by atoms with Gasteiger partial charge in [-0.05, 0) is 68.0 Å². The van der Waals surface area contributed by atoms with Gasteiger partial charge in [-0.15, -0.1) is 0 Å². The Morgan fingerprint density at radius 3 is 2.48 bits per heavy atom. The topological polar surface area (TPSA) is 110 Å². The second kappa shape index (κ2) is 10.1. The largest absolute Gasteiger partial charge is 0.497 e. The number of likely N-dealkylation sites (tertiary alicyclic amines) is 1. The summed E-state index contributed by atoms with van der Waals surface area (Å²) in [5.41, 5.74) is 14.9. The van der Waals surface area contributed by atoms with Gasteiger partial charge in [-0.3, -0.25) is 10.2 Å². The molecule has 0 spiro atoms. The summed E-state index contributed by atoms with van der Waals surface area (Å²) in [5.74, 6) is 1.52. The van der Waals surface area contributed by atoms with Gasteiger partial charge in [0.2, 0.25) is 0 Å². The number of carbonyl (C=O) groups is 1. The normalized spacial score (nSPS) is 14.5. The number of methoxy groups -OCH3 is 1. The fraction of sp³-hybridized carbons (Fsp3) is 0.385. The summed E-state index contributed by atoms with van der Waals surface area (Å²) >= 11 is 0. The molecule has 5 N–H and O–H groups in total. The molecule has 1 saturated heterocycles. The van der Waals surface area contributed by atoms with E-state index in [1.807, 2.05) is 41.3 Å². The number of fused-ring (bicyclic) bond motifs is 1. The van der Waals surface area contributed by atoms with Crippen molar-refractivity contribution >= 4 is 22.6 Å². The summed E-state index contributed by atoms with van der Waals surface area (Å²) in [4.78, 5) is 15.5. The first-order chi connectivity index (χ1) is 16.0. The van der Waals surface area contributed by atoms with Crippen LogP contribution < -0.4 is 16.2 Å². The van der Waals surface area contributed by atoms with Crippen molar-refractivity contribution in [2.24, 2.45) is 17.4 Å². The van der Waals surface area contributed by atoms with Gasteiger partial charge in [0.1, 0.15) is 17.3 Å². The highest BCUT2D eigenvalue weighted by molar-refractivity contribution is 6.02. The van der Waals surface area contributed by atoms with Gasteiger partial charge in [0.15, 0.2) is 0 Å². The molecule has 0 unspecified atom stereocenters. The van der Waals surface area contributed by atoms with Crippen molar-refractivity contribution in [2.45, 2.75) is 32.2 Å². The number of aryl methyl sites for hydroxylation is 2. The van der Waals surface area contributed by atoms with E-state index in [1.165, 1.54) is 5.56 Å². The quantitative estimate of drug-likeness (QED) is 0.363. The first kappa shape index (κ1) is 22.9. The lowest BCUT2D eigenvalue weighted by Gasteiger charge is -2.32. The summed E-state index contributed by atoms with van der Waals surface area (Å²) in [6.07, 6.45) is 3.81. The van der Waals surface area contributed by atoms with Gasteiger partial charge in [-0.2, -0.15) is 0 Å². The van der Waals surface area contributed by atoms with E-state index in [0.717, 1.165) is 55.4 Å². The fourth-order valence-electron chi connectivity index (χ4n) is 4.70. The summed E-state index contributed by atoms with van der Waals surface area (Å²) < 4.78 is 7.34. The Balaban J connectivity index is 1.63. The molecule has 1 aliphatic rings. The number of amidine groups is 1. The standard InChI is InChI=1S/C26H33N5O2/c1-33-22-6-2-18(3-7-22)11-15-31-23-17-21(25(28)29)5-4-20(23)16-24(31)26(32)30-13-9-19(8-12-27)10-14-30/h2-7,16-17,19H,8-15,27H2,1H3,(H3,28,29). The molecule has 0 saturated carbocycles. The van der Waals surface area contributed by atoms with Gasteiger partial charge in [0.25, 0.3) is 5.91 Å². The SMILES string of the molecule is COc1ccc(CCn2c(C(=O)N3CCC(CCN)CC3)cc3ccc(C(=N)N)cc32)cc1. The number of hydrogen-bond acceptors (Lipinski definition) is 4. The minimum absolute atomic E-state index is 0.0228. The molecule has 3 aromatic rings. The number of rotatable bonds is 8. The average Bonchev–Trinajstić information content (AvgIpc) is 3.21. The smallest absolute Gasteiger partial charge is 0.270 e. The highest BCUT2D eigenvalue weighted by Crippen LogP contribution is 2.26. The number of hydrogen-bond donors (Lipinski definition) is 3. The number of nitrogens with two attached hydrogens (primary N) is 2. The van der Waals surface area contributed by atoms with E-state index in [1.54, 1.807) is 7.11 Å². The van der Waals surface area contributed by atoms with Crippen molar-refractivity contribution in [3.05, 3.63) is 65.4 Å². The lowest BCUT2D eigenvalue weighted by molar-refractivity contribution is 0.0677. The van der Waals surface area contributed by atoms with Crippen LogP contribution >= 0.6 is 0 Å². The summed E-state index contributed by atoms with van der Waals surface area (Å²) in [5, 5.41) is 8.82. The first-order valence-electron chi connectivity index (χ1n) is 11.6. The minimum atomic E-state index is 0.0228. The molecule has 1 aliphatic heterocycles. The molecule has 0 aliphatic carbocycles. The van der Waals surface area contributed by atoms with Crippen molar-refractivity contribution in [3.63, 3.8) is 0 Å². The van der Waals surface area contributed by atoms with Crippen LogP contribution in [0.4, 0.5) is 0 Å². The van der Waals surface area contributed by atoms with Crippen LogP contribution in [0.15, 0.2) is 48.5 Å². The number of nitrogen functional groups attached to an aromatic ring is 1. The molecule has 2 heterocycles. The summed E-state index contributed by atoms with van der Waals surface area (Å²) in [7, 11) is 1.66. The lowest BCUT2D eigenvalue weighted by Crippen LogP contribution is -2.39. The highest BCUT2D eigenvalue weighted by atomic mass is 16.5. The Morgan fingerprint density at radius 1 is 1.12 bits per heavy atom. The van der Waals surface area contributed by atoms with Crippen LogP contribution in [-0.4, -0.2) is 48.0 Å². The third kappa shape index (κ3) is 5.03. The molecular weight excluding hydrogens is 414 g/mol. The van der Waals surface area contributed by atoms with Crippen molar-refractivity contribution in [1.82, 2.24) is 9.47 Å². The number of nitrogens with zero attached hydrogens (tertiary/aromatic N) is 2. The van der Waals surface area contributed by atoms with Crippen LogP contribution in [0.1, 0.15) is 40.9 Å². The van der Waals surface area contributed by atoms with E-state index in [2.05, 4.69) is 16.7 Å². The minimum Gasteiger partial charge on any atom is -0.497 e. The Kier molecular flexibility index (Phi) is 6.99. The van der Waals surface area contributed by atoms with Gasteiger partial charge in [0.05, 0.1) is 7.11 Å². The molecule has 0 atom stereocenters. The number of aromatic nitrogens is 1. The maximum absolute atomic E-state index is 13.6. The third-order valence-electron chi connectivity index (χ3n) is 6.69. The molecule has 1 amide bonds. The number of carbonyl (C=O) groups excluding carboxylic acids is 1. The van der Waals surface area contributed by atoms with E-state index < -0.39 is 0 Å². The molecule has 0 radical (unpaired) electrons. The second-order valence-corrected chi connectivity index (χ2v) is 8.78. The van der Waals surface area contributed by atoms with Crippen LogP contribution in [-0.2, 0) is 13.0 Å².